The second-order valence-corrected chi connectivity index (χ2v) is 6.20. The van der Waals surface area contributed by atoms with E-state index < -0.39 is 17.5 Å². The number of nitrogens with zero attached hydrogens (tertiary/aromatic N) is 2. The van der Waals surface area contributed by atoms with Crippen LogP contribution in [0.15, 0.2) is 54.6 Å². The first-order valence-corrected chi connectivity index (χ1v) is 8.45. The van der Waals surface area contributed by atoms with Gasteiger partial charge in [0.15, 0.2) is 6.61 Å². The van der Waals surface area contributed by atoms with Gasteiger partial charge in [0.05, 0.1) is 10.5 Å². The lowest BCUT2D eigenvalue weighted by Crippen LogP contribution is -2.38. The predicted octanol–water partition coefficient (Wildman–Crippen LogP) is 3.13. The summed E-state index contributed by atoms with van der Waals surface area (Å²) in [5.74, 6) is -1.04. The summed E-state index contributed by atoms with van der Waals surface area (Å²) >= 11 is 0. The number of benzene rings is 2. The molecule has 138 valence electrons. The Morgan fingerprint density at radius 2 is 1.93 bits per heavy atom. The van der Waals surface area contributed by atoms with Crippen LogP contribution in [-0.4, -0.2) is 29.4 Å². The summed E-state index contributed by atoms with van der Waals surface area (Å²) in [6.45, 7) is 1.55. The highest BCUT2D eigenvalue weighted by atomic mass is 16.6. The van der Waals surface area contributed by atoms with E-state index in [4.69, 9.17) is 4.74 Å². The van der Waals surface area contributed by atoms with Crippen LogP contribution in [0.5, 0.6) is 0 Å². The number of amides is 1. The van der Waals surface area contributed by atoms with Gasteiger partial charge in [-0.15, -0.1) is 0 Å². The van der Waals surface area contributed by atoms with Crippen molar-refractivity contribution in [3.8, 4) is 0 Å². The Morgan fingerprint density at radius 1 is 1.22 bits per heavy atom. The summed E-state index contributed by atoms with van der Waals surface area (Å²) in [6.07, 6.45) is 3.14. The Hall–Kier alpha value is -3.48. The van der Waals surface area contributed by atoms with Gasteiger partial charge in [0.1, 0.15) is 0 Å². The number of hydrogen-bond acceptors (Lipinski definition) is 5. The third kappa shape index (κ3) is 4.03. The van der Waals surface area contributed by atoms with E-state index >= 15 is 0 Å². The van der Waals surface area contributed by atoms with Crippen molar-refractivity contribution in [2.45, 2.75) is 19.4 Å². The van der Waals surface area contributed by atoms with Crippen molar-refractivity contribution in [3.05, 3.63) is 75.8 Å². The van der Waals surface area contributed by atoms with Gasteiger partial charge >= 0.3 is 5.97 Å². The Balaban J connectivity index is 1.61. The van der Waals surface area contributed by atoms with Gasteiger partial charge in [-0.05, 0) is 37.1 Å². The predicted molar refractivity (Wildman–Crippen MR) is 100 cm³/mol. The topological polar surface area (TPSA) is 89.8 Å². The van der Waals surface area contributed by atoms with Crippen molar-refractivity contribution in [2.75, 3.05) is 11.5 Å². The summed E-state index contributed by atoms with van der Waals surface area (Å²) in [4.78, 5) is 36.4. The average Bonchev–Trinajstić information content (AvgIpc) is 3.00. The van der Waals surface area contributed by atoms with Crippen LogP contribution in [0.25, 0.3) is 6.08 Å². The first-order chi connectivity index (χ1) is 13.0. The molecule has 0 saturated heterocycles. The van der Waals surface area contributed by atoms with Gasteiger partial charge < -0.3 is 9.64 Å². The lowest BCUT2D eigenvalue weighted by atomic mass is 10.1. The van der Waals surface area contributed by atoms with Crippen molar-refractivity contribution in [3.63, 3.8) is 0 Å². The lowest BCUT2D eigenvalue weighted by molar-refractivity contribution is -0.385. The Kier molecular flexibility index (Phi) is 5.30. The minimum absolute atomic E-state index is 0.00360. The largest absolute Gasteiger partial charge is 0.452 e. The second kappa shape index (κ2) is 7.82. The van der Waals surface area contributed by atoms with E-state index in [1.807, 2.05) is 31.2 Å². The zero-order valence-electron chi connectivity index (χ0n) is 14.7. The third-order valence-corrected chi connectivity index (χ3v) is 4.35. The molecule has 1 atom stereocenters. The van der Waals surface area contributed by atoms with Gasteiger partial charge in [-0.1, -0.05) is 30.3 Å². The molecule has 27 heavy (non-hydrogen) atoms. The molecule has 1 aliphatic rings. The molecule has 0 radical (unpaired) electrons. The maximum absolute atomic E-state index is 12.5. The molecular weight excluding hydrogens is 348 g/mol. The van der Waals surface area contributed by atoms with Crippen LogP contribution in [0.3, 0.4) is 0 Å². The number of rotatable bonds is 5. The normalized spacial score (nSPS) is 15.6. The smallest absolute Gasteiger partial charge is 0.331 e. The molecule has 7 nitrogen and oxygen atoms in total. The van der Waals surface area contributed by atoms with E-state index in [-0.39, 0.29) is 23.2 Å². The van der Waals surface area contributed by atoms with Crippen LogP contribution in [-0.2, 0) is 20.7 Å². The Morgan fingerprint density at radius 3 is 2.70 bits per heavy atom. The number of ether oxygens (including phenoxy) is 1. The number of hydrogen-bond donors (Lipinski definition) is 0. The van der Waals surface area contributed by atoms with E-state index in [0.717, 1.165) is 23.7 Å². The maximum Gasteiger partial charge on any atom is 0.331 e. The molecule has 1 aliphatic heterocycles. The summed E-state index contributed by atoms with van der Waals surface area (Å²) < 4.78 is 5.01. The Bertz CT molecular complexity index is 922. The SMILES string of the molecule is C[C@H]1Cc2ccccc2N1C(=O)COC(=O)/C=C/c1ccccc1[N+](=O)[O-]. The number of carbonyl (C=O) groups excluding carboxylic acids is 2. The van der Waals surface area contributed by atoms with Crippen LogP contribution in [0.1, 0.15) is 18.1 Å². The molecule has 2 aromatic rings. The van der Waals surface area contributed by atoms with E-state index in [2.05, 4.69) is 0 Å². The number of esters is 1. The molecule has 0 unspecified atom stereocenters. The summed E-state index contributed by atoms with van der Waals surface area (Å²) in [5.41, 5.74) is 2.09. The molecule has 0 aromatic heterocycles. The van der Waals surface area contributed by atoms with E-state index in [9.17, 15) is 19.7 Å². The zero-order valence-corrected chi connectivity index (χ0v) is 14.7. The van der Waals surface area contributed by atoms with Crippen LogP contribution >= 0.6 is 0 Å². The van der Waals surface area contributed by atoms with Crippen molar-refractivity contribution in [1.29, 1.82) is 0 Å². The molecule has 7 heteroatoms. The minimum Gasteiger partial charge on any atom is -0.452 e. The molecule has 0 saturated carbocycles. The fraction of sp³-hybridized carbons (Fsp3) is 0.200. The first-order valence-electron chi connectivity index (χ1n) is 8.45. The zero-order chi connectivity index (χ0) is 19.4. The minimum atomic E-state index is -0.735. The number of anilines is 1. The fourth-order valence-corrected chi connectivity index (χ4v) is 3.15. The van der Waals surface area contributed by atoms with E-state index in [1.54, 1.807) is 17.0 Å². The highest BCUT2D eigenvalue weighted by molar-refractivity contribution is 5.98. The number of nitro groups is 1. The quantitative estimate of drug-likeness (QED) is 0.351. The lowest BCUT2D eigenvalue weighted by Gasteiger charge is -2.22. The molecule has 0 aliphatic carbocycles. The third-order valence-electron chi connectivity index (χ3n) is 4.35. The van der Waals surface area contributed by atoms with Gasteiger partial charge in [-0.3, -0.25) is 14.9 Å². The molecule has 3 rings (SSSR count). The van der Waals surface area contributed by atoms with E-state index in [0.29, 0.717) is 0 Å². The number of carbonyl (C=O) groups is 2. The number of fused-ring (bicyclic) bond motifs is 1. The van der Waals surface area contributed by atoms with Crippen molar-refractivity contribution in [2.24, 2.45) is 0 Å². The molecule has 2 aromatic carbocycles. The van der Waals surface area contributed by atoms with Gasteiger partial charge in [-0.25, -0.2) is 4.79 Å². The summed E-state index contributed by atoms with van der Waals surface area (Å²) in [5, 5.41) is 11.0. The molecule has 1 amide bonds. The molecule has 0 fully saturated rings. The molecule has 0 spiro atoms. The summed E-state index contributed by atoms with van der Waals surface area (Å²) in [6, 6.07) is 13.7. The molecule has 1 heterocycles. The number of nitro benzene ring substituents is 1. The maximum atomic E-state index is 12.5. The fourth-order valence-electron chi connectivity index (χ4n) is 3.15. The van der Waals surface area contributed by atoms with Gasteiger partial charge in [0.2, 0.25) is 0 Å². The molecule has 0 bridgehead atoms. The van der Waals surface area contributed by atoms with Gasteiger partial charge in [-0.2, -0.15) is 0 Å². The van der Waals surface area contributed by atoms with Crippen LogP contribution in [0.2, 0.25) is 0 Å². The van der Waals surface area contributed by atoms with Crippen LogP contribution in [0.4, 0.5) is 11.4 Å². The van der Waals surface area contributed by atoms with Crippen molar-refractivity contribution in [1.82, 2.24) is 0 Å². The first kappa shape index (κ1) is 18.3. The highest BCUT2D eigenvalue weighted by Crippen LogP contribution is 2.31. The van der Waals surface area contributed by atoms with Gasteiger partial charge in [0, 0.05) is 23.9 Å². The monoisotopic (exact) mass is 366 g/mol. The van der Waals surface area contributed by atoms with E-state index in [1.165, 1.54) is 18.2 Å². The standard InChI is InChI=1S/C20H18N2O5/c1-14-12-16-7-3-4-8-17(16)21(14)19(23)13-27-20(24)11-10-15-6-2-5-9-18(15)22(25)26/h2-11,14H,12-13H2,1H3/b11-10+/t14-/m0/s1. The van der Waals surface area contributed by atoms with Crippen LogP contribution in [0, 0.1) is 10.1 Å². The summed E-state index contributed by atoms with van der Waals surface area (Å²) in [7, 11) is 0. The molecule has 0 N–H and O–H groups in total. The number of para-hydroxylation sites is 2. The van der Waals surface area contributed by atoms with Crippen molar-refractivity contribution >= 4 is 29.3 Å². The van der Waals surface area contributed by atoms with Gasteiger partial charge in [0.25, 0.3) is 11.6 Å². The molecular formula is C20H18N2O5. The highest BCUT2D eigenvalue weighted by Gasteiger charge is 2.30. The average molecular weight is 366 g/mol. The second-order valence-electron chi connectivity index (χ2n) is 6.20. The van der Waals surface area contributed by atoms with Crippen molar-refractivity contribution < 1.29 is 19.2 Å². The van der Waals surface area contributed by atoms with Crippen LogP contribution < -0.4 is 4.90 Å². The Labute approximate surface area is 156 Å².